The van der Waals surface area contributed by atoms with Crippen LogP contribution in [0, 0.1) is 0 Å². The maximum Gasteiger partial charge on any atom is 0.158 e. The molecule has 0 saturated heterocycles. The molecule has 0 aromatic carbocycles. The number of hydrogen-bond donors (Lipinski definition) is 0. The molecule has 0 aliphatic heterocycles. The number of rotatable bonds is 4. The highest BCUT2D eigenvalue weighted by Gasteiger charge is 2.10. The van der Waals surface area contributed by atoms with Gasteiger partial charge in [0, 0.05) is 32.1 Å². The quantitative estimate of drug-likeness (QED) is 0.783. The Hall–Kier alpha value is -1.46. The third kappa shape index (κ3) is 2.62. The molecule has 2 rings (SSSR count). The Bertz CT molecular complexity index is 512. The SMILES string of the molecule is CCn1ccnc1-c1cc(Cl)nc(COC)n1. The van der Waals surface area contributed by atoms with E-state index >= 15 is 0 Å². The Kier molecular flexibility index (Phi) is 3.71. The van der Waals surface area contributed by atoms with Gasteiger partial charge in [-0.2, -0.15) is 0 Å². The van der Waals surface area contributed by atoms with Gasteiger partial charge in [0.15, 0.2) is 11.6 Å². The predicted molar refractivity (Wildman–Crippen MR) is 64.7 cm³/mol. The lowest BCUT2D eigenvalue weighted by Gasteiger charge is -2.06. The zero-order chi connectivity index (χ0) is 12.3. The van der Waals surface area contributed by atoms with Crippen LogP contribution in [-0.2, 0) is 17.9 Å². The topological polar surface area (TPSA) is 52.8 Å². The van der Waals surface area contributed by atoms with Crippen LogP contribution in [0.15, 0.2) is 18.5 Å². The van der Waals surface area contributed by atoms with E-state index in [1.807, 2.05) is 17.7 Å². The van der Waals surface area contributed by atoms with Crippen LogP contribution in [0.3, 0.4) is 0 Å². The molecule has 0 fully saturated rings. The standard InChI is InChI=1S/C11H13ClN4O/c1-3-16-5-4-13-11(16)8-6-9(12)15-10(14-8)7-17-2/h4-6H,3,7H2,1-2H3. The molecule has 90 valence electrons. The van der Waals surface area contributed by atoms with Gasteiger partial charge in [-0.05, 0) is 6.92 Å². The summed E-state index contributed by atoms with van der Waals surface area (Å²) >= 11 is 5.95. The molecule has 0 saturated carbocycles. The van der Waals surface area contributed by atoms with Crippen LogP contribution < -0.4 is 0 Å². The van der Waals surface area contributed by atoms with Crippen molar-refractivity contribution in [3.05, 3.63) is 29.4 Å². The second-order valence-corrected chi connectivity index (χ2v) is 3.85. The number of halogens is 1. The van der Waals surface area contributed by atoms with E-state index < -0.39 is 0 Å². The van der Waals surface area contributed by atoms with Crippen LogP contribution in [0.2, 0.25) is 5.15 Å². The Balaban J connectivity index is 2.44. The molecular formula is C11H13ClN4O. The van der Waals surface area contributed by atoms with E-state index in [2.05, 4.69) is 15.0 Å². The lowest BCUT2D eigenvalue weighted by molar-refractivity contribution is 0.178. The van der Waals surface area contributed by atoms with Gasteiger partial charge in [-0.15, -0.1) is 0 Å². The average Bonchev–Trinajstić information content (AvgIpc) is 2.76. The lowest BCUT2D eigenvalue weighted by Crippen LogP contribution is -2.02. The van der Waals surface area contributed by atoms with Gasteiger partial charge in [0.25, 0.3) is 0 Å². The molecule has 17 heavy (non-hydrogen) atoms. The molecule has 6 heteroatoms. The van der Waals surface area contributed by atoms with Gasteiger partial charge in [-0.3, -0.25) is 0 Å². The summed E-state index contributed by atoms with van der Waals surface area (Å²) in [6, 6.07) is 1.70. The van der Waals surface area contributed by atoms with Crippen LogP contribution in [-0.4, -0.2) is 26.6 Å². The average molecular weight is 253 g/mol. The highest BCUT2D eigenvalue weighted by molar-refractivity contribution is 6.29. The first-order valence-electron chi connectivity index (χ1n) is 5.28. The smallest absolute Gasteiger partial charge is 0.158 e. The molecule has 5 nitrogen and oxygen atoms in total. The van der Waals surface area contributed by atoms with E-state index in [9.17, 15) is 0 Å². The third-order valence-corrected chi connectivity index (χ3v) is 2.49. The minimum Gasteiger partial charge on any atom is -0.377 e. The molecule has 0 bridgehead atoms. The molecule has 0 N–H and O–H groups in total. The zero-order valence-electron chi connectivity index (χ0n) is 9.72. The van der Waals surface area contributed by atoms with Crippen molar-refractivity contribution in [2.24, 2.45) is 0 Å². The fraction of sp³-hybridized carbons (Fsp3) is 0.364. The highest BCUT2D eigenvalue weighted by atomic mass is 35.5. The van der Waals surface area contributed by atoms with E-state index in [0.717, 1.165) is 12.4 Å². The normalized spacial score (nSPS) is 10.8. The molecule has 0 atom stereocenters. The maximum absolute atomic E-state index is 5.95. The summed E-state index contributed by atoms with van der Waals surface area (Å²) in [4.78, 5) is 12.7. The first-order chi connectivity index (χ1) is 8.24. The number of nitrogens with zero attached hydrogens (tertiary/aromatic N) is 4. The molecule has 0 unspecified atom stereocenters. The molecule has 0 radical (unpaired) electrons. The number of aryl methyl sites for hydroxylation is 1. The van der Waals surface area contributed by atoms with Gasteiger partial charge in [-0.1, -0.05) is 11.6 Å². The Morgan fingerprint density at radius 2 is 2.24 bits per heavy atom. The van der Waals surface area contributed by atoms with Crippen molar-refractivity contribution in [1.29, 1.82) is 0 Å². The minimum atomic E-state index is 0.334. The van der Waals surface area contributed by atoms with Crippen molar-refractivity contribution >= 4 is 11.6 Å². The summed E-state index contributed by atoms with van der Waals surface area (Å²) in [7, 11) is 1.59. The summed E-state index contributed by atoms with van der Waals surface area (Å²) < 4.78 is 7.00. The number of ether oxygens (including phenoxy) is 1. The van der Waals surface area contributed by atoms with Gasteiger partial charge >= 0.3 is 0 Å². The fourth-order valence-electron chi connectivity index (χ4n) is 1.57. The largest absolute Gasteiger partial charge is 0.377 e. The van der Waals surface area contributed by atoms with Gasteiger partial charge in [0.1, 0.15) is 17.5 Å². The molecular weight excluding hydrogens is 240 g/mol. The summed E-state index contributed by atoms with van der Waals surface area (Å²) in [5.41, 5.74) is 0.712. The van der Waals surface area contributed by atoms with E-state index in [1.54, 1.807) is 19.4 Å². The van der Waals surface area contributed by atoms with Crippen LogP contribution in [0.1, 0.15) is 12.7 Å². The van der Waals surface area contributed by atoms with Crippen LogP contribution in [0.25, 0.3) is 11.5 Å². The van der Waals surface area contributed by atoms with Gasteiger partial charge in [0.05, 0.1) is 0 Å². The Labute approximate surface area is 104 Å². The molecule has 2 heterocycles. The van der Waals surface area contributed by atoms with Gasteiger partial charge in [0.2, 0.25) is 0 Å². The molecule has 0 amide bonds. The lowest BCUT2D eigenvalue weighted by atomic mass is 10.3. The number of imidazole rings is 1. The number of hydrogen-bond acceptors (Lipinski definition) is 4. The van der Waals surface area contributed by atoms with Crippen molar-refractivity contribution in [2.45, 2.75) is 20.1 Å². The van der Waals surface area contributed by atoms with Crippen LogP contribution >= 0.6 is 11.6 Å². The van der Waals surface area contributed by atoms with Crippen LogP contribution in [0.5, 0.6) is 0 Å². The van der Waals surface area contributed by atoms with Crippen molar-refractivity contribution in [1.82, 2.24) is 19.5 Å². The molecule has 2 aromatic heterocycles. The first kappa shape index (κ1) is 12.0. The monoisotopic (exact) mass is 252 g/mol. The van der Waals surface area contributed by atoms with Gasteiger partial charge in [-0.25, -0.2) is 15.0 Å². The highest BCUT2D eigenvalue weighted by Crippen LogP contribution is 2.18. The second kappa shape index (κ2) is 5.25. The Morgan fingerprint density at radius 3 is 2.94 bits per heavy atom. The van der Waals surface area contributed by atoms with E-state index in [4.69, 9.17) is 16.3 Å². The van der Waals surface area contributed by atoms with Crippen molar-refractivity contribution < 1.29 is 4.74 Å². The van der Waals surface area contributed by atoms with E-state index in [-0.39, 0.29) is 0 Å². The molecule has 0 aliphatic carbocycles. The first-order valence-corrected chi connectivity index (χ1v) is 5.66. The number of methoxy groups -OCH3 is 1. The van der Waals surface area contributed by atoms with Crippen molar-refractivity contribution in [3.8, 4) is 11.5 Å². The summed E-state index contributed by atoms with van der Waals surface area (Å²) in [5.74, 6) is 1.34. The van der Waals surface area contributed by atoms with Gasteiger partial charge < -0.3 is 9.30 Å². The Morgan fingerprint density at radius 1 is 1.41 bits per heavy atom. The minimum absolute atomic E-state index is 0.334. The number of aromatic nitrogens is 4. The summed E-state index contributed by atoms with van der Waals surface area (Å²) in [6.07, 6.45) is 3.65. The summed E-state index contributed by atoms with van der Waals surface area (Å²) in [5, 5.41) is 0.396. The van der Waals surface area contributed by atoms with Crippen molar-refractivity contribution in [3.63, 3.8) is 0 Å². The molecule has 2 aromatic rings. The summed E-state index contributed by atoms with van der Waals surface area (Å²) in [6.45, 7) is 3.21. The predicted octanol–water partition coefficient (Wildman–Crippen LogP) is 2.16. The third-order valence-electron chi connectivity index (χ3n) is 2.30. The molecule has 0 aliphatic rings. The van der Waals surface area contributed by atoms with E-state index in [1.165, 1.54) is 0 Å². The van der Waals surface area contributed by atoms with Crippen LogP contribution in [0.4, 0.5) is 0 Å². The molecule has 0 spiro atoms. The zero-order valence-corrected chi connectivity index (χ0v) is 10.5. The fourth-order valence-corrected chi connectivity index (χ4v) is 1.77. The van der Waals surface area contributed by atoms with Crippen molar-refractivity contribution in [2.75, 3.05) is 7.11 Å². The van der Waals surface area contributed by atoms with E-state index in [0.29, 0.717) is 23.3 Å². The second-order valence-electron chi connectivity index (χ2n) is 3.46. The maximum atomic E-state index is 5.95.